The molecule has 4 heterocycles. The maximum Gasteiger partial charge on any atom is 0.250 e. The van der Waals surface area contributed by atoms with Crippen molar-refractivity contribution < 1.29 is 14.3 Å². The number of amides is 1. The number of carbonyl (C=O) groups is 1. The monoisotopic (exact) mass is 556 g/mol. The van der Waals surface area contributed by atoms with Crippen LogP contribution >= 0.6 is 12.2 Å². The number of ether oxygens (including phenoxy) is 2. The quantitative estimate of drug-likeness (QED) is 0.294. The first-order chi connectivity index (χ1) is 19.3. The van der Waals surface area contributed by atoms with Crippen molar-refractivity contribution >= 4 is 34.6 Å². The molecule has 1 aromatic carbocycles. The largest absolute Gasteiger partial charge is 0.495 e. The lowest BCUT2D eigenvalue weighted by atomic mass is 9.96. The number of nitrogens with zero attached hydrogens (tertiary/aromatic N) is 4. The van der Waals surface area contributed by atoms with E-state index in [0.29, 0.717) is 16.5 Å². The zero-order valence-corrected chi connectivity index (χ0v) is 24.0. The maximum atomic E-state index is 12.4. The molecular weight excluding hydrogens is 524 g/mol. The van der Waals surface area contributed by atoms with Crippen molar-refractivity contribution in [1.82, 2.24) is 19.9 Å². The van der Waals surface area contributed by atoms with Crippen LogP contribution in [0.4, 0.5) is 11.4 Å². The number of pyridine rings is 2. The molecule has 5 rings (SSSR count). The predicted molar refractivity (Wildman–Crippen MR) is 159 cm³/mol. The molecule has 1 amide bonds. The lowest BCUT2D eigenvalue weighted by Gasteiger charge is -2.29. The van der Waals surface area contributed by atoms with Gasteiger partial charge in [0.25, 0.3) is 0 Å². The summed E-state index contributed by atoms with van der Waals surface area (Å²) in [4.78, 5) is 23.8. The number of aryl methyl sites for hydroxylation is 2. The van der Waals surface area contributed by atoms with Gasteiger partial charge in [-0.3, -0.25) is 9.78 Å². The van der Waals surface area contributed by atoms with E-state index in [2.05, 4.69) is 56.0 Å². The SMILES string of the molecule is COCC(=O)Nc1cc(N2C(=S)N[C@@H](c3ccccn3)[C@@H]2c2cc(C)n(-c3ccc(C)cn3)c2C)ccc1OC. The van der Waals surface area contributed by atoms with Gasteiger partial charge >= 0.3 is 0 Å². The maximum absolute atomic E-state index is 12.4. The van der Waals surface area contributed by atoms with E-state index in [1.165, 1.54) is 7.11 Å². The number of hydrogen-bond acceptors (Lipinski definition) is 6. The molecule has 0 spiro atoms. The molecule has 10 heteroatoms. The number of methoxy groups -OCH3 is 2. The van der Waals surface area contributed by atoms with Crippen LogP contribution in [0, 0.1) is 20.8 Å². The number of nitrogens with one attached hydrogen (secondary N) is 2. The number of aromatic nitrogens is 3. The number of carbonyl (C=O) groups excluding carboxylic acids is 1. The summed E-state index contributed by atoms with van der Waals surface area (Å²) in [5.41, 5.74) is 6.50. The first kappa shape index (κ1) is 27.3. The van der Waals surface area contributed by atoms with Gasteiger partial charge in [0, 0.05) is 36.6 Å². The smallest absolute Gasteiger partial charge is 0.250 e. The molecule has 0 bridgehead atoms. The molecule has 206 valence electrons. The van der Waals surface area contributed by atoms with Crippen LogP contribution in [0.3, 0.4) is 0 Å². The van der Waals surface area contributed by atoms with E-state index in [-0.39, 0.29) is 24.6 Å². The van der Waals surface area contributed by atoms with Crippen molar-refractivity contribution in [2.75, 3.05) is 31.0 Å². The molecule has 4 aromatic rings. The Morgan fingerprint density at radius 2 is 1.90 bits per heavy atom. The van der Waals surface area contributed by atoms with Gasteiger partial charge in [-0.15, -0.1) is 0 Å². The normalized spacial score (nSPS) is 16.6. The minimum Gasteiger partial charge on any atom is -0.495 e. The lowest BCUT2D eigenvalue weighted by molar-refractivity contribution is -0.119. The highest BCUT2D eigenvalue weighted by atomic mass is 32.1. The summed E-state index contributed by atoms with van der Waals surface area (Å²) in [6.07, 6.45) is 3.66. The Kier molecular flexibility index (Phi) is 7.81. The first-order valence-corrected chi connectivity index (χ1v) is 13.3. The summed E-state index contributed by atoms with van der Waals surface area (Å²) in [5.74, 6) is 1.11. The minimum atomic E-state index is -0.280. The number of benzene rings is 1. The predicted octanol–water partition coefficient (Wildman–Crippen LogP) is 4.96. The average molecular weight is 557 g/mol. The van der Waals surface area contributed by atoms with Crippen LogP contribution in [0.15, 0.2) is 67.0 Å². The second-order valence-corrected chi connectivity index (χ2v) is 10.1. The minimum absolute atomic E-state index is 0.0690. The second kappa shape index (κ2) is 11.4. The molecule has 0 saturated carbocycles. The van der Waals surface area contributed by atoms with Gasteiger partial charge in [-0.1, -0.05) is 12.1 Å². The van der Waals surface area contributed by atoms with E-state index in [1.54, 1.807) is 13.3 Å². The summed E-state index contributed by atoms with van der Waals surface area (Å²) >= 11 is 5.93. The summed E-state index contributed by atoms with van der Waals surface area (Å²) in [6, 6.07) is 17.3. The van der Waals surface area contributed by atoms with Crippen LogP contribution in [-0.2, 0) is 9.53 Å². The molecule has 0 radical (unpaired) electrons. The summed E-state index contributed by atoms with van der Waals surface area (Å²) in [5, 5.41) is 6.95. The van der Waals surface area contributed by atoms with E-state index < -0.39 is 0 Å². The van der Waals surface area contributed by atoms with Gasteiger partial charge in [0.1, 0.15) is 18.2 Å². The molecule has 3 aromatic heterocycles. The third-order valence-corrected chi connectivity index (χ3v) is 7.34. The Labute approximate surface area is 239 Å². The number of hydrogen-bond donors (Lipinski definition) is 2. The Hall–Kier alpha value is -4.28. The van der Waals surface area contributed by atoms with E-state index in [9.17, 15) is 4.79 Å². The first-order valence-electron chi connectivity index (χ1n) is 12.9. The average Bonchev–Trinajstić information content (AvgIpc) is 3.44. The molecular formula is C30H32N6O3S. The highest BCUT2D eigenvalue weighted by Gasteiger charge is 2.42. The third-order valence-electron chi connectivity index (χ3n) is 7.02. The van der Waals surface area contributed by atoms with Gasteiger partial charge in [-0.25, -0.2) is 4.98 Å². The second-order valence-electron chi connectivity index (χ2n) is 9.72. The molecule has 2 atom stereocenters. The van der Waals surface area contributed by atoms with E-state index in [1.807, 2.05) is 55.6 Å². The molecule has 9 nitrogen and oxygen atoms in total. The number of thiocarbonyl (C=S) groups is 1. The Bertz CT molecular complexity index is 1540. The topological polar surface area (TPSA) is 93.5 Å². The van der Waals surface area contributed by atoms with Gasteiger partial charge in [0.2, 0.25) is 5.91 Å². The zero-order valence-electron chi connectivity index (χ0n) is 23.1. The number of rotatable bonds is 8. The molecule has 1 aliphatic heterocycles. The fourth-order valence-electron chi connectivity index (χ4n) is 5.24. The fraction of sp³-hybridized carbons (Fsp3) is 0.267. The van der Waals surface area contributed by atoms with Gasteiger partial charge in [0.15, 0.2) is 5.11 Å². The van der Waals surface area contributed by atoms with Gasteiger partial charge in [-0.05, 0) is 86.6 Å². The van der Waals surface area contributed by atoms with Crippen molar-refractivity contribution in [3.63, 3.8) is 0 Å². The number of anilines is 2. The summed E-state index contributed by atoms with van der Waals surface area (Å²) in [7, 11) is 3.05. The third kappa shape index (κ3) is 5.15. The Morgan fingerprint density at radius 1 is 1.07 bits per heavy atom. The fourth-order valence-corrected chi connectivity index (χ4v) is 5.59. The highest BCUT2D eigenvalue weighted by molar-refractivity contribution is 7.80. The Morgan fingerprint density at radius 3 is 2.58 bits per heavy atom. The molecule has 0 unspecified atom stereocenters. The highest BCUT2D eigenvalue weighted by Crippen LogP contribution is 2.45. The van der Waals surface area contributed by atoms with Crippen LogP contribution < -0.4 is 20.3 Å². The van der Waals surface area contributed by atoms with E-state index in [0.717, 1.165) is 39.7 Å². The van der Waals surface area contributed by atoms with E-state index in [4.69, 9.17) is 21.7 Å². The molecule has 40 heavy (non-hydrogen) atoms. The van der Waals surface area contributed by atoms with Gasteiger partial charge in [-0.2, -0.15) is 0 Å². The molecule has 0 aliphatic carbocycles. The zero-order chi connectivity index (χ0) is 28.4. The molecule has 1 fully saturated rings. The van der Waals surface area contributed by atoms with Gasteiger partial charge < -0.3 is 29.6 Å². The lowest BCUT2D eigenvalue weighted by Crippen LogP contribution is -2.29. The van der Waals surface area contributed by atoms with Crippen LogP contribution in [0.25, 0.3) is 5.82 Å². The van der Waals surface area contributed by atoms with Crippen molar-refractivity contribution in [1.29, 1.82) is 0 Å². The van der Waals surface area contributed by atoms with Crippen LogP contribution in [0.5, 0.6) is 5.75 Å². The summed E-state index contributed by atoms with van der Waals surface area (Å²) in [6.45, 7) is 6.14. The summed E-state index contributed by atoms with van der Waals surface area (Å²) < 4.78 is 12.7. The van der Waals surface area contributed by atoms with Crippen molar-refractivity contribution in [2.45, 2.75) is 32.9 Å². The van der Waals surface area contributed by atoms with Crippen LogP contribution in [0.2, 0.25) is 0 Å². The van der Waals surface area contributed by atoms with Crippen molar-refractivity contribution in [3.05, 3.63) is 95.2 Å². The van der Waals surface area contributed by atoms with Crippen molar-refractivity contribution in [3.8, 4) is 11.6 Å². The molecule has 2 N–H and O–H groups in total. The van der Waals surface area contributed by atoms with Crippen molar-refractivity contribution in [2.24, 2.45) is 0 Å². The Balaban J connectivity index is 1.64. The molecule has 1 aliphatic rings. The van der Waals surface area contributed by atoms with Crippen LogP contribution in [0.1, 0.15) is 40.3 Å². The van der Waals surface area contributed by atoms with Crippen LogP contribution in [-0.4, -0.2) is 46.4 Å². The standard InChI is InChI=1S/C30H32N6O3S/c1-18-9-12-26(32-16-18)35-19(2)14-22(20(35)3)29-28(23-8-6-7-13-31-23)34-30(40)36(29)21-10-11-25(39-5)24(15-21)33-27(37)17-38-4/h6-16,28-29H,17H2,1-5H3,(H,33,37)(H,34,40)/t28-,29-/m0/s1. The molecule has 1 saturated heterocycles. The van der Waals surface area contributed by atoms with E-state index >= 15 is 0 Å². The van der Waals surface area contributed by atoms with Gasteiger partial charge in [0.05, 0.1) is 30.6 Å².